The Morgan fingerprint density at radius 2 is 1.19 bits per heavy atom. The van der Waals surface area contributed by atoms with Crippen LogP contribution in [0.4, 0.5) is 0 Å². The lowest BCUT2D eigenvalue weighted by Gasteiger charge is -2.29. The molecule has 1 nitrogen and oxygen atoms in total. The van der Waals surface area contributed by atoms with Crippen molar-refractivity contribution in [2.75, 3.05) is 0 Å². The highest BCUT2D eigenvalue weighted by Crippen LogP contribution is 2.43. The van der Waals surface area contributed by atoms with E-state index in [1.807, 2.05) is 0 Å². The van der Waals surface area contributed by atoms with E-state index < -0.39 is 0 Å². The number of hydrogen-bond acceptors (Lipinski definition) is 1. The number of para-hydroxylation sites is 1. The molecule has 1 heterocycles. The third kappa shape index (κ3) is 2.95. The molecular weight excluding hydrogens is 446 g/mol. The Balaban J connectivity index is 1.42. The van der Waals surface area contributed by atoms with Crippen LogP contribution in [0.1, 0.15) is 19.5 Å². The number of pyridine rings is 1. The van der Waals surface area contributed by atoms with E-state index in [4.69, 9.17) is 4.98 Å². The van der Waals surface area contributed by atoms with E-state index in [9.17, 15) is 0 Å². The lowest BCUT2D eigenvalue weighted by molar-refractivity contribution is 0.646. The fraction of sp³-hybridized carbons (Fsp3) is 0.0833. The van der Waals surface area contributed by atoms with E-state index in [-0.39, 0.29) is 5.41 Å². The zero-order valence-corrected chi connectivity index (χ0v) is 20.9. The average molecular weight is 472 g/mol. The molecule has 0 amide bonds. The van der Waals surface area contributed by atoms with Crippen molar-refractivity contribution in [2.45, 2.75) is 13.8 Å². The lowest BCUT2D eigenvalue weighted by Crippen LogP contribution is -2.28. The summed E-state index contributed by atoms with van der Waals surface area (Å²) in [6, 6.07) is 35.2. The quantitative estimate of drug-likeness (QED) is 0.224. The summed E-state index contributed by atoms with van der Waals surface area (Å²) in [5.41, 5.74) is 5.86. The van der Waals surface area contributed by atoms with Crippen LogP contribution in [0.2, 0.25) is 0 Å². The van der Waals surface area contributed by atoms with E-state index in [0.29, 0.717) is 0 Å². The summed E-state index contributed by atoms with van der Waals surface area (Å²) in [6.45, 7) is 4.67. The summed E-state index contributed by atoms with van der Waals surface area (Å²) in [5, 5.41) is 11.8. The van der Waals surface area contributed by atoms with E-state index in [1.165, 1.54) is 64.9 Å². The van der Waals surface area contributed by atoms with Gasteiger partial charge in [0.15, 0.2) is 0 Å². The highest BCUT2D eigenvalue weighted by molar-refractivity contribution is 6.25. The van der Waals surface area contributed by atoms with E-state index in [2.05, 4.69) is 129 Å². The maximum Gasteiger partial charge on any atom is 0.0709 e. The van der Waals surface area contributed by atoms with Gasteiger partial charge in [0.05, 0.1) is 11.2 Å². The van der Waals surface area contributed by atoms with Gasteiger partial charge in [-0.2, -0.15) is 0 Å². The molecule has 2 aliphatic rings. The SMILES string of the molecule is CC1(C)C=C(c2ccc3ccccc3n2)C=C2C=c3cc4c5ccccc5c5ccccc5c4cc3=C21. The Bertz CT molecular complexity index is 2160. The van der Waals surface area contributed by atoms with Gasteiger partial charge in [-0.05, 0) is 95.9 Å². The largest absolute Gasteiger partial charge is 0.248 e. The topological polar surface area (TPSA) is 12.9 Å². The van der Waals surface area contributed by atoms with Gasteiger partial charge < -0.3 is 0 Å². The van der Waals surface area contributed by atoms with Crippen LogP contribution in [0, 0.1) is 5.41 Å². The smallest absolute Gasteiger partial charge is 0.0709 e. The average Bonchev–Trinajstić information content (AvgIpc) is 3.30. The third-order valence-corrected chi connectivity index (χ3v) is 8.15. The number of fused-ring (bicyclic) bond motifs is 9. The van der Waals surface area contributed by atoms with Crippen LogP contribution < -0.4 is 10.4 Å². The first-order chi connectivity index (χ1) is 18.1. The van der Waals surface area contributed by atoms with Gasteiger partial charge in [-0.25, -0.2) is 4.98 Å². The molecule has 0 atom stereocenters. The second-order valence-electron chi connectivity index (χ2n) is 10.9. The maximum atomic E-state index is 5.00. The van der Waals surface area contributed by atoms with Crippen molar-refractivity contribution in [2.24, 2.45) is 5.41 Å². The van der Waals surface area contributed by atoms with E-state index in [0.717, 1.165) is 11.2 Å². The van der Waals surface area contributed by atoms with Crippen molar-refractivity contribution in [1.82, 2.24) is 4.98 Å². The Labute approximate surface area is 215 Å². The van der Waals surface area contributed by atoms with Crippen LogP contribution in [0.5, 0.6) is 0 Å². The summed E-state index contributed by atoms with van der Waals surface area (Å²) < 4.78 is 0. The highest BCUT2D eigenvalue weighted by atomic mass is 14.7. The molecule has 8 rings (SSSR count). The van der Waals surface area contributed by atoms with Crippen LogP contribution in [0.15, 0.2) is 115 Å². The van der Waals surface area contributed by atoms with E-state index >= 15 is 0 Å². The first-order valence-electron chi connectivity index (χ1n) is 13.0. The van der Waals surface area contributed by atoms with Crippen molar-refractivity contribution in [3.05, 3.63) is 131 Å². The normalized spacial score (nSPS) is 16.0. The van der Waals surface area contributed by atoms with Crippen LogP contribution in [0.3, 0.4) is 0 Å². The minimum absolute atomic E-state index is 0.116. The number of benzene rings is 5. The number of allylic oxidation sites excluding steroid dienone is 4. The molecule has 0 bridgehead atoms. The molecule has 0 unspecified atom stereocenters. The molecule has 6 aromatic rings. The molecule has 0 saturated carbocycles. The molecule has 2 aliphatic carbocycles. The van der Waals surface area contributed by atoms with Crippen molar-refractivity contribution < 1.29 is 0 Å². The molecule has 0 spiro atoms. The van der Waals surface area contributed by atoms with Crippen molar-refractivity contribution in [1.29, 1.82) is 0 Å². The zero-order chi connectivity index (χ0) is 24.7. The molecule has 1 heteroatoms. The molecule has 5 aromatic carbocycles. The molecule has 174 valence electrons. The summed E-state index contributed by atoms with van der Waals surface area (Å²) in [5.74, 6) is 0. The predicted molar refractivity (Wildman–Crippen MR) is 158 cm³/mol. The van der Waals surface area contributed by atoms with Gasteiger partial charge in [-0.15, -0.1) is 0 Å². The second-order valence-corrected chi connectivity index (χ2v) is 10.9. The molecule has 0 aliphatic heterocycles. The summed E-state index contributed by atoms with van der Waals surface area (Å²) in [4.78, 5) is 5.00. The van der Waals surface area contributed by atoms with Crippen molar-refractivity contribution in [3.63, 3.8) is 0 Å². The zero-order valence-electron chi connectivity index (χ0n) is 20.9. The van der Waals surface area contributed by atoms with Gasteiger partial charge >= 0.3 is 0 Å². The van der Waals surface area contributed by atoms with Gasteiger partial charge in [0.25, 0.3) is 0 Å². The summed E-state index contributed by atoms with van der Waals surface area (Å²) >= 11 is 0. The van der Waals surface area contributed by atoms with Gasteiger partial charge in [0, 0.05) is 10.8 Å². The molecular formula is C36H25N. The van der Waals surface area contributed by atoms with Crippen molar-refractivity contribution >= 4 is 60.4 Å². The molecule has 0 N–H and O–H groups in total. The van der Waals surface area contributed by atoms with Crippen LogP contribution >= 0.6 is 0 Å². The Hall–Kier alpha value is -4.49. The van der Waals surface area contributed by atoms with Gasteiger partial charge in [0.2, 0.25) is 0 Å². The minimum atomic E-state index is -0.116. The summed E-state index contributed by atoms with van der Waals surface area (Å²) in [6.07, 6.45) is 7.11. The highest BCUT2D eigenvalue weighted by Gasteiger charge is 2.31. The molecule has 0 fully saturated rings. The summed E-state index contributed by atoms with van der Waals surface area (Å²) in [7, 11) is 0. The fourth-order valence-electron chi connectivity index (χ4n) is 6.58. The molecule has 37 heavy (non-hydrogen) atoms. The standard InChI is InChI=1S/C36H25N/c1-36(2)21-25(34-16-15-22-9-3-8-14-33(22)37-34)18-24-17-23-19-31-28-12-6-4-10-26(28)27-11-5-7-13-29(27)32(31)20-30(23)35(24)36/h3-21H,1-2H3. The lowest BCUT2D eigenvalue weighted by atomic mass is 9.74. The van der Waals surface area contributed by atoms with Gasteiger partial charge in [0.1, 0.15) is 0 Å². The Morgan fingerprint density at radius 3 is 1.92 bits per heavy atom. The minimum Gasteiger partial charge on any atom is -0.248 e. The predicted octanol–water partition coefficient (Wildman–Crippen LogP) is 7.69. The van der Waals surface area contributed by atoms with Crippen molar-refractivity contribution in [3.8, 4) is 0 Å². The maximum absolute atomic E-state index is 5.00. The number of hydrogen-bond donors (Lipinski definition) is 0. The first kappa shape index (κ1) is 20.7. The number of aromatic nitrogens is 1. The Morgan fingerprint density at radius 1 is 0.568 bits per heavy atom. The number of nitrogens with zero attached hydrogens (tertiary/aromatic N) is 1. The molecule has 0 radical (unpaired) electrons. The first-order valence-corrected chi connectivity index (χ1v) is 13.0. The molecule has 0 saturated heterocycles. The van der Waals surface area contributed by atoms with Crippen LogP contribution in [-0.4, -0.2) is 4.98 Å². The van der Waals surface area contributed by atoms with Gasteiger partial charge in [-0.3, -0.25) is 0 Å². The van der Waals surface area contributed by atoms with E-state index in [1.54, 1.807) is 0 Å². The monoisotopic (exact) mass is 471 g/mol. The fourth-order valence-corrected chi connectivity index (χ4v) is 6.58. The third-order valence-electron chi connectivity index (χ3n) is 8.15. The van der Waals surface area contributed by atoms with Gasteiger partial charge in [-0.1, -0.05) is 92.7 Å². The van der Waals surface area contributed by atoms with Crippen LogP contribution in [-0.2, 0) is 0 Å². The molecule has 1 aromatic heterocycles. The second kappa shape index (κ2) is 7.27. The Kier molecular flexibility index (Phi) is 4.06. The van der Waals surface area contributed by atoms with Crippen LogP contribution in [0.25, 0.3) is 60.4 Å². The number of rotatable bonds is 1.